The Hall–Kier alpha value is -1.07. The number of alkyl halides is 1. The highest BCUT2D eigenvalue weighted by atomic mass is 79.9. The lowest BCUT2D eigenvalue weighted by atomic mass is 10.2. The number of imidazole rings is 1. The Labute approximate surface area is 137 Å². The smallest absolute Gasteiger partial charge is 0.243 e. The van der Waals surface area contributed by atoms with E-state index in [0.717, 1.165) is 34.2 Å². The molecule has 2 aromatic rings. The van der Waals surface area contributed by atoms with Crippen LogP contribution < -0.4 is 5.32 Å². The van der Waals surface area contributed by atoms with Gasteiger partial charge in [-0.1, -0.05) is 15.9 Å². The van der Waals surface area contributed by atoms with Crippen LogP contribution in [0, 0.1) is 0 Å². The summed E-state index contributed by atoms with van der Waals surface area (Å²) in [6.07, 6.45) is 2.15. The maximum atomic E-state index is 12.4. The molecule has 4 nitrogen and oxygen atoms in total. The van der Waals surface area contributed by atoms with Crippen molar-refractivity contribution in [3.05, 3.63) is 28.5 Å². The van der Waals surface area contributed by atoms with E-state index in [1.54, 1.807) is 0 Å². The highest BCUT2D eigenvalue weighted by Crippen LogP contribution is 2.30. The highest BCUT2D eigenvalue weighted by molar-refractivity contribution is 9.10. The zero-order chi connectivity index (χ0) is 15.1. The summed E-state index contributed by atoms with van der Waals surface area (Å²) in [6, 6.07) is 5.87. The molecule has 1 aromatic carbocycles. The standard InChI is InChI=1S/C15H17BrClN3O/c1-8(17)14-19-12-6-3-10(16)7-13(12)20(14)9(2)15(21)18-11-4-5-11/h3,6-9,11H,4-5H2,1-2H3,(H,18,21). The maximum Gasteiger partial charge on any atom is 0.243 e. The largest absolute Gasteiger partial charge is 0.352 e. The van der Waals surface area contributed by atoms with Gasteiger partial charge < -0.3 is 9.88 Å². The van der Waals surface area contributed by atoms with Crippen LogP contribution in [0.4, 0.5) is 0 Å². The number of halogens is 2. The fourth-order valence-electron chi connectivity index (χ4n) is 2.44. The molecule has 1 N–H and O–H groups in total. The van der Waals surface area contributed by atoms with Gasteiger partial charge in [-0.15, -0.1) is 11.6 Å². The van der Waals surface area contributed by atoms with Gasteiger partial charge in [0.25, 0.3) is 0 Å². The predicted molar refractivity (Wildman–Crippen MR) is 87.6 cm³/mol. The molecule has 0 saturated heterocycles. The quantitative estimate of drug-likeness (QED) is 0.829. The van der Waals surface area contributed by atoms with Crippen LogP contribution >= 0.6 is 27.5 Å². The van der Waals surface area contributed by atoms with Crippen molar-refractivity contribution in [2.45, 2.75) is 44.1 Å². The van der Waals surface area contributed by atoms with Gasteiger partial charge in [0.05, 0.1) is 16.4 Å². The molecule has 1 aliphatic carbocycles. The molecule has 0 bridgehead atoms. The summed E-state index contributed by atoms with van der Waals surface area (Å²) in [5.41, 5.74) is 1.78. The molecule has 0 radical (unpaired) electrons. The van der Waals surface area contributed by atoms with Crippen molar-refractivity contribution in [2.24, 2.45) is 0 Å². The minimum absolute atomic E-state index is 0.0235. The van der Waals surface area contributed by atoms with Crippen LogP contribution in [-0.2, 0) is 4.79 Å². The molecule has 112 valence electrons. The lowest BCUT2D eigenvalue weighted by Crippen LogP contribution is -2.33. The number of hydrogen-bond acceptors (Lipinski definition) is 2. The average Bonchev–Trinajstić information content (AvgIpc) is 3.16. The first-order valence-electron chi connectivity index (χ1n) is 7.09. The number of fused-ring (bicyclic) bond motifs is 1. The fourth-order valence-corrected chi connectivity index (χ4v) is 2.94. The maximum absolute atomic E-state index is 12.4. The van der Waals surface area contributed by atoms with E-state index in [0.29, 0.717) is 6.04 Å². The summed E-state index contributed by atoms with van der Waals surface area (Å²) in [5.74, 6) is 0.749. The third kappa shape index (κ3) is 2.94. The second-order valence-corrected chi connectivity index (χ2v) is 7.12. The van der Waals surface area contributed by atoms with Gasteiger partial charge in [0.2, 0.25) is 5.91 Å². The first-order valence-corrected chi connectivity index (χ1v) is 8.32. The Morgan fingerprint density at radius 3 is 2.81 bits per heavy atom. The number of nitrogens with one attached hydrogen (secondary N) is 1. The van der Waals surface area contributed by atoms with Gasteiger partial charge in [0.1, 0.15) is 11.9 Å². The van der Waals surface area contributed by atoms with Gasteiger partial charge in [-0.25, -0.2) is 4.98 Å². The van der Waals surface area contributed by atoms with Crippen LogP contribution in [0.2, 0.25) is 0 Å². The van der Waals surface area contributed by atoms with E-state index in [2.05, 4.69) is 26.2 Å². The lowest BCUT2D eigenvalue weighted by molar-refractivity contribution is -0.124. The van der Waals surface area contributed by atoms with Crippen molar-refractivity contribution < 1.29 is 4.79 Å². The zero-order valence-electron chi connectivity index (χ0n) is 11.9. The Kier molecular flexibility index (Phi) is 3.97. The summed E-state index contributed by atoms with van der Waals surface area (Å²) in [7, 11) is 0. The molecule has 6 heteroatoms. The molecule has 1 saturated carbocycles. The minimum atomic E-state index is -0.332. The van der Waals surface area contributed by atoms with Crippen LogP contribution in [-0.4, -0.2) is 21.5 Å². The molecular weight excluding hydrogens is 354 g/mol. The van der Waals surface area contributed by atoms with Crippen molar-refractivity contribution >= 4 is 44.5 Å². The molecule has 1 aliphatic rings. The molecule has 0 aliphatic heterocycles. The van der Waals surface area contributed by atoms with Gasteiger partial charge in [0, 0.05) is 10.5 Å². The Morgan fingerprint density at radius 1 is 1.48 bits per heavy atom. The number of aromatic nitrogens is 2. The number of rotatable bonds is 4. The predicted octanol–water partition coefficient (Wildman–Crippen LogP) is 3.94. The average molecular weight is 371 g/mol. The molecule has 1 heterocycles. The van der Waals surface area contributed by atoms with Crippen LogP contribution in [0.3, 0.4) is 0 Å². The van der Waals surface area contributed by atoms with E-state index in [-0.39, 0.29) is 17.3 Å². The van der Waals surface area contributed by atoms with Crippen LogP contribution in [0.5, 0.6) is 0 Å². The second kappa shape index (κ2) is 5.61. The van der Waals surface area contributed by atoms with Crippen LogP contribution in [0.1, 0.15) is 43.9 Å². The molecule has 1 aromatic heterocycles. The summed E-state index contributed by atoms with van der Waals surface area (Å²) < 4.78 is 2.90. The van der Waals surface area contributed by atoms with E-state index >= 15 is 0 Å². The number of nitrogens with zero attached hydrogens (tertiary/aromatic N) is 2. The molecular formula is C15H17BrClN3O. The summed E-state index contributed by atoms with van der Waals surface area (Å²) in [5, 5.41) is 2.79. The van der Waals surface area contributed by atoms with Crippen molar-refractivity contribution in [1.82, 2.24) is 14.9 Å². The van der Waals surface area contributed by atoms with Gasteiger partial charge >= 0.3 is 0 Å². The molecule has 2 unspecified atom stereocenters. The lowest BCUT2D eigenvalue weighted by Gasteiger charge is -2.18. The summed E-state index contributed by atoms with van der Waals surface area (Å²) in [4.78, 5) is 17.0. The van der Waals surface area contributed by atoms with Crippen LogP contribution in [0.15, 0.2) is 22.7 Å². The zero-order valence-corrected chi connectivity index (χ0v) is 14.3. The first kappa shape index (κ1) is 14.9. The van der Waals surface area contributed by atoms with Crippen molar-refractivity contribution in [3.8, 4) is 0 Å². The third-order valence-electron chi connectivity index (χ3n) is 3.73. The Balaban J connectivity index is 2.06. The minimum Gasteiger partial charge on any atom is -0.352 e. The number of carbonyl (C=O) groups excluding carboxylic acids is 1. The third-order valence-corrected chi connectivity index (χ3v) is 4.41. The second-order valence-electron chi connectivity index (χ2n) is 5.55. The highest BCUT2D eigenvalue weighted by Gasteiger charge is 2.28. The van der Waals surface area contributed by atoms with Crippen molar-refractivity contribution in [3.63, 3.8) is 0 Å². The molecule has 3 rings (SSSR count). The van der Waals surface area contributed by atoms with Crippen molar-refractivity contribution in [1.29, 1.82) is 0 Å². The number of benzene rings is 1. The molecule has 21 heavy (non-hydrogen) atoms. The van der Waals surface area contributed by atoms with Gasteiger partial charge in [-0.05, 0) is 44.9 Å². The Morgan fingerprint density at radius 2 is 2.19 bits per heavy atom. The van der Waals surface area contributed by atoms with E-state index in [4.69, 9.17) is 11.6 Å². The van der Waals surface area contributed by atoms with E-state index in [9.17, 15) is 4.79 Å². The number of amides is 1. The fraction of sp³-hybridized carbons (Fsp3) is 0.467. The van der Waals surface area contributed by atoms with E-state index < -0.39 is 0 Å². The first-order chi connectivity index (χ1) is 9.97. The number of hydrogen-bond donors (Lipinski definition) is 1. The molecule has 0 spiro atoms. The van der Waals surface area contributed by atoms with E-state index in [1.807, 2.05) is 36.6 Å². The normalized spacial score (nSPS) is 17.7. The molecule has 2 atom stereocenters. The van der Waals surface area contributed by atoms with Gasteiger partial charge in [-0.2, -0.15) is 0 Å². The summed E-state index contributed by atoms with van der Waals surface area (Å²) in [6.45, 7) is 3.77. The van der Waals surface area contributed by atoms with Gasteiger partial charge in [-0.3, -0.25) is 4.79 Å². The summed E-state index contributed by atoms with van der Waals surface area (Å²) >= 11 is 9.73. The number of carbonyl (C=O) groups is 1. The topological polar surface area (TPSA) is 46.9 Å². The van der Waals surface area contributed by atoms with E-state index in [1.165, 1.54) is 0 Å². The SMILES string of the molecule is CC(Cl)c1nc2ccc(Br)cc2n1C(C)C(=O)NC1CC1. The van der Waals surface area contributed by atoms with Gasteiger partial charge in [0.15, 0.2) is 0 Å². The van der Waals surface area contributed by atoms with Crippen molar-refractivity contribution in [2.75, 3.05) is 0 Å². The van der Waals surface area contributed by atoms with Crippen LogP contribution in [0.25, 0.3) is 11.0 Å². The molecule has 1 fully saturated rings. The monoisotopic (exact) mass is 369 g/mol. The Bertz CT molecular complexity index is 694. The molecule has 1 amide bonds.